The number of carboxylic acids is 1. The van der Waals surface area contributed by atoms with Gasteiger partial charge in [0, 0.05) is 6.54 Å². The fourth-order valence-electron chi connectivity index (χ4n) is 2.17. The first kappa shape index (κ1) is 10.5. The Morgan fingerprint density at radius 3 is 2.38 bits per heavy atom. The van der Waals surface area contributed by atoms with Crippen LogP contribution in [0, 0.1) is 11.3 Å². The highest BCUT2D eigenvalue weighted by atomic mass is 16.4. The van der Waals surface area contributed by atoms with Crippen LogP contribution >= 0.6 is 0 Å². The summed E-state index contributed by atoms with van der Waals surface area (Å²) in [6.45, 7) is 2.04. The molecule has 3 heteroatoms. The number of hydrogen-bond donors (Lipinski definition) is 2. The fourth-order valence-corrected chi connectivity index (χ4v) is 2.17. The third-order valence-electron chi connectivity index (χ3n) is 3.42. The molecule has 0 amide bonds. The molecule has 1 atom stereocenters. The zero-order valence-corrected chi connectivity index (χ0v) is 8.25. The van der Waals surface area contributed by atoms with E-state index in [0.717, 1.165) is 25.7 Å². The Labute approximate surface area is 79.3 Å². The number of rotatable bonds is 3. The lowest BCUT2D eigenvalue weighted by atomic mass is 9.70. The molecular formula is C10H19NO2. The molecule has 1 aliphatic rings. The quantitative estimate of drug-likeness (QED) is 0.702. The van der Waals surface area contributed by atoms with Crippen molar-refractivity contribution in [2.75, 3.05) is 6.54 Å². The Balaban J connectivity index is 2.68. The van der Waals surface area contributed by atoms with E-state index in [-0.39, 0.29) is 12.5 Å². The Morgan fingerprint density at radius 2 is 2.00 bits per heavy atom. The third-order valence-corrected chi connectivity index (χ3v) is 3.42. The first-order valence-corrected chi connectivity index (χ1v) is 5.04. The summed E-state index contributed by atoms with van der Waals surface area (Å²) < 4.78 is 0. The van der Waals surface area contributed by atoms with Gasteiger partial charge >= 0.3 is 5.97 Å². The van der Waals surface area contributed by atoms with Gasteiger partial charge in [-0.1, -0.05) is 19.3 Å². The molecule has 1 aliphatic carbocycles. The van der Waals surface area contributed by atoms with E-state index >= 15 is 0 Å². The summed E-state index contributed by atoms with van der Waals surface area (Å²) >= 11 is 0. The maximum Gasteiger partial charge on any atom is 0.310 e. The van der Waals surface area contributed by atoms with Crippen molar-refractivity contribution in [3.63, 3.8) is 0 Å². The summed E-state index contributed by atoms with van der Waals surface area (Å²) in [7, 11) is 0. The lowest BCUT2D eigenvalue weighted by molar-refractivity contribution is -0.151. The summed E-state index contributed by atoms with van der Waals surface area (Å²) in [4.78, 5) is 11.1. The number of hydrogen-bond acceptors (Lipinski definition) is 2. The SMILES string of the molecule is CC(CN)(C(=O)O)C1CCCCC1. The van der Waals surface area contributed by atoms with E-state index in [0.29, 0.717) is 0 Å². The van der Waals surface area contributed by atoms with Crippen molar-refractivity contribution in [3.05, 3.63) is 0 Å². The molecule has 0 radical (unpaired) electrons. The molecule has 0 bridgehead atoms. The average molecular weight is 185 g/mol. The highest BCUT2D eigenvalue weighted by Gasteiger charge is 2.40. The molecule has 0 aliphatic heterocycles. The first-order chi connectivity index (χ1) is 6.11. The normalized spacial score (nSPS) is 23.8. The van der Waals surface area contributed by atoms with Crippen molar-refractivity contribution >= 4 is 5.97 Å². The Hall–Kier alpha value is -0.570. The van der Waals surface area contributed by atoms with Crippen LogP contribution in [0.1, 0.15) is 39.0 Å². The molecule has 1 saturated carbocycles. The number of carbonyl (C=O) groups is 1. The van der Waals surface area contributed by atoms with E-state index < -0.39 is 11.4 Å². The van der Waals surface area contributed by atoms with Crippen molar-refractivity contribution in [2.45, 2.75) is 39.0 Å². The maximum absolute atomic E-state index is 11.1. The summed E-state index contributed by atoms with van der Waals surface area (Å²) in [5.74, 6) is -0.453. The zero-order valence-electron chi connectivity index (χ0n) is 8.25. The predicted molar refractivity (Wildman–Crippen MR) is 51.4 cm³/mol. The van der Waals surface area contributed by atoms with Crippen LogP contribution in [-0.4, -0.2) is 17.6 Å². The zero-order chi connectivity index (χ0) is 9.90. The van der Waals surface area contributed by atoms with Crippen LogP contribution < -0.4 is 5.73 Å². The van der Waals surface area contributed by atoms with Crippen molar-refractivity contribution in [3.8, 4) is 0 Å². The minimum atomic E-state index is -0.734. The number of aliphatic carboxylic acids is 1. The van der Waals surface area contributed by atoms with Gasteiger partial charge in [0.2, 0.25) is 0 Å². The third kappa shape index (κ3) is 2.02. The van der Waals surface area contributed by atoms with E-state index in [1.165, 1.54) is 6.42 Å². The van der Waals surface area contributed by atoms with E-state index in [9.17, 15) is 4.79 Å². The van der Waals surface area contributed by atoms with E-state index in [4.69, 9.17) is 10.8 Å². The molecule has 1 fully saturated rings. The molecule has 1 unspecified atom stereocenters. The Morgan fingerprint density at radius 1 is 1.46 bits per heavy atom. The second-order valence-electron chi connectivity index (χ2n) is 4.26. The van der Waals surface area contributed by atoms with Crippen LogP contribution in [0.25, 0.3) is 0 Å². The first-order valence-electron chi connectivity index (χ1n) is 5.04. The minimum absolute atomic E-state index is 0.257. The maximum atomic E-state index is 11.1. The van der Waals surface area contributed by atoms with Gasteiger partial charge in [-0.15, -0.1) is 0 Å². The summed E-state index contributed by atoms with van der Waals surface area (Å²) in [6.07, 6.45) is 5.62. The molecule has 3 N–H and O–H groups in total. The molecular weight excluding hydrogens is 166 g/mol. The smallest absolute Gasteiger partial charge is 0.310 e. The van der Waals surface area contributed by atoms with Crippen molar-refractivity contribution < 1.29 is 9.90 Å². The van der Waals surface area contributed by atoms with Crippen LogP contribution in [0.15, 0.2) is 0 Å². The predicted octanol–water partition coefficient (Wildman–Crippen LogP) is 1.62. The van der Waals surface area contributed by atoms with Crippen molar-refractivity contribution in [2.24, 2.45) is 17.1 Å². The van der Waals surface area contributed by atoms with Crippen molar-refractivity contribution in [1.29, 1.82) is 0 Å². The molecule has 76 valence electrons. The largest absolute Gasteiger partial charge is 0.481 e. The van der Waals surface area contributed by atoms with Crippen LogP contribution in [0.5, 0.6) is 0 Å². The molecule has 0 heterocycles. The van der Waals surface area contributed by atoms with E-state index in [1.807, 2.05) is 0 Å². The summed E-state index contributed by atoms with van der Waals surface area (Å²) in [5.41, 5.74) is 4.86. The Bertz CT molecular complexity index is 187. The van der Waals surface area contributed by atoms with Gasteiger partial charge in [0.05, 0.1) is 5.41 Å². The molecule has 0 saturated heterocycles. The molecule has 0 aromatic rings. The molecule has 0 aromatic heterocycles. The summed E-state index contributed by atoms with van der Waals surface area (Å²) in [5, 5.41) is 9.10. The molecule has 0 spiro atoms. The van der Waals surface area contributed by atoms with Gasteiger partial charge in [0.1, 0.15) is 0 Å². The number of nitrogens with two attached hydrogens (primary N) is 1. The van der Waals surface area contributed by atoms with Gasteiger partial charge in [0.15, 0.2) is 0 Å². The second kappa shape index (κ2) is 4.09. The van der Waals surface area contributed by atoms with E-state index in [1.54, 1.807) is 6.92 Å². The number of carboxylic acid groups (broad SMARTS) is 1. The summed E-state index contributed by atoms with van der Waals surface area (Å²) in [6, 6.07) is 0. The van der Waals surface area contributed by atoms with Gasteiger partial charge < -0.3 is 10.8 Å². The lowest BCUT2D eigenvalue weighted by Crippen LogP contribution is -2.43. The van der Waals surface area contributed by atoms with Gasteiger partial charge in [-0.2, -0.15) is 0 Å². The van der Waals surface area contributed by atoms with Crippen LogP contribution in [0.4, 0.5) is 0 Å². The van der Waals surface area contributed by atoms with Crippen molar-refractivity contribution in [1.82, 2.24) is 0 Å². The van der Waals surface area contributed by atoms with Gasteiger partial charge in [-0.05, 0) is 25.7 Å². The average Bonchev–Trinajstić information content (AvgIpc) is 2.17. The fraction of sp³-hybridized carbons (Fsp3) is 0.900. The molecule has 0 aromatic carbocycles. The van der Waals surface area contributed by atoms with Gasteiger partial charge in [0.25, 0.3) is 0 Å². The standard InChI is InChI=1S/C10H19NO2/c1-10(7-11,9(12)13)8-5-3-2-4-6-8/h8H,2-7,11H2,1H3,(H,12,13). The molecule has 1 rings (SSSR count). The topological polar surface area (TPSA) is 63.3 Å². The van der Waals surface area contributed by atoms with Gasteiger partial charge in [-0.3, -0.25) is 4.79 Å². The highest BCUT2D eigenvalue weighted by Crippen LogP contribution is 2.37. The Kier molecular flexibility index (Phi) is 3.31. The molecule has 3 nitrogen and oxygen atoms in total. The minimum Gasteiger partial charge on any atom is -0.481 e. The van der Waals surface area contributed by atoms with E-state index in [2.05, 4.69) is 0 Å². The van der Waals surface area contributed by atoms with Crippen LogP contribution in [0.2, 0.25) is 0 Å². The van der Waals surface area contributed by atoms with Gasteiger partial charge in [-0.25, -0.2) is 0 Å². The second-order valence-corrected chi connectivity index (χ2v) is 4.26. The monoisotopic (exact) mass is 185 g/mol. The molecule has 13 heavy (non-hydrogen) atoms. The highest BCUT2D eigenvalue weighted by molar-refractivity contribution is 5.74. The van der Waals surface area contributed by atoms with Crippen LogP contribution in [0.3, 0.4) is 0 Å². The van der Waals surface area contributed by atoms with Crippen LogP contribution in [-0.2, 0) is 4.79 Å². The lowest BCUT2D eigenvalue weighted by Gasteiger charge is -2.35.